The van der Waals surface area contributed by atoms with Crippen molar-refractivity contribution in [1.29, 1.82) is 0 Å². The molecule has 1 aromatic rings. The lowest BCUT2D eigenvalue weighted by molar-refractivity contribution is 0.0962. The van der Waals surface area contributed by atoms with Gasteiger partial charge in [0.15, 0.2) is 0 Å². The summed E-state index contributed by atoms with van der Waals surface area (Å²) in [4.78, 5) is 0. The molecule has 18 heavy (non-hydrogen) atoms. The highest BCUT2D eigenvalue weighted by atomic mass is 35.5. The Morgan fingerprint density at radius 1 is 1.56 bits per heavy atom. The Balaban J connectivity index is 2.12. The van der Waals surface area contributed by atoms with E-state index in [0.29, 0.717) is 22.9 Å². The molecule has 0 aliphatic carbocycles. The normalized spacial score (nSPS) is 25.3. The maximum atomic E-state index is 13.7. The van der Waals surface area contributed by atoms with Gasteiger partial charge >= 0.3 is 0 Å². The third-order valence-electron chi connectivity index (χ3n) is 3.77. The number of nitrogens with one attached hydrogen (secondary N) is 1. The van der Waals surface area contributed by atoms with Gasteiger partial charge in [0.1, 0.15) is 5.82 Å². The highest BCUT2D eigenvalue weighted by Crippen LogP contribution is 2.27. The number of hydrogen-bond donors (Lipinski definition) is 1. The minimum absolute atomic E-state index is 0.189. The van der Waals surface area contributed by atoms with E-state index in [9.17, 15) is 4.39 Å². The monoisotopic (exact) mass is 271 g/mol. The molecule has 100 valence electrons. The smallest absolute Gasteiger partial charge is 0.126 e. The average Bonchev–Trinajstić information content (AvgIpc) is 2.77. The third-order valence-corrected chi connectivity index (χ3v) is 4.01. The number of rotatable bonds is 4. The summed E-state index contributed by atoms with van der Waals surface area (Å²) in [6.45, 7) is 2.87. The fourth-order valence-corrected chi connectivity index (χ4v) is 2.88. The summed E-state index contributed by atoms with van der Waals surface area (Å²) in [6.07, 6.45) is 1.89. The van der Waals surface area contributed by atoms with Crippen molar-refractivity contribution < 1.29 is 9.13 Å². The first-order valence-electron chi connectivity index (χ1n) is 6.34. The summed E-state index contributed by atoms with van der Waals surface area (Å²) in [5.41, 5.74) is 0.668. The van der Waals surface area contributed by atoms with Gasteiger partial charge in [-0.3, -0.25) is 0 Å². The summed E-state index contributed by atoms with van der Waals surface area (Å²) in [6, 6.07) is 4.94. The van der Waals surface area contributed by atoms with E-state index in [1.54, 1.807) is 12.1 Å². The fraction of sp³-hybridized carbons (Fsp3) is 0.571. The molecule has 0 radical (unpaired) electrons. The topological polar surface area (TPSA) is 21.3 Å². The van der Waals surface area contributed by atoms with Crippen LogP contribution in [0.25, 0.3) is 0 Å². The van der Waals surface area contributed by atoms with Gasteiger partial charge in [-0.2, -0.15) is 0 Å². The van der Waals surface area contributed by atoms with Crippen molar-refractivity contribution in [2.45, 2.75) is 31.9 Å². The first-order valence-corrected chi connectivity index (χ1v) is 6.72. The van der Waals surface area contributed by atoms with E-state index < -0.39 is 0 Å². The van der Waals surface area contributed by atoms with Crippen molar-refractivity contribution >= 4 is 11.6 Å². The van der Waals surface area contributed by atoms with Gasteiger partial charge in [0.25, 0.3) is 0 Å². The number of ether oxygens (including phenoxy) is 1. The minimum atomic E-state index is -0.189. The summed E-state index contributed by atoms with van der Waals surface area (Å²) in [5, 5.41) is 3.86. The molecule has 0 amide bonds. The Morgan fingerprint density at radius 3 is 2.94 bits per heavy atom. The number of likely N-dealkylation sites (N-methyl/N-ethyl adjacent to an activating group) is 1. The predicted molar refractivity (Wildman–Crippen MR) is 71.5 cm³/mol. The van der Waals surface area contributed by atoms with Crippen LogP contribution in [0, 0.1) is 11.7 Å². The van der Waals surface area contributed by atoms with E-state index in [2.05, 4.69) is 12.2 Å². The first-order chi connectivity index (χ1) is 8.61. The molecule has 1 heterocycles. The van der Waals surface area contributed by atoms with Crippen molar-refractivity contribution in [2.75, 3.05) is 13.7 Å². The maximum absolute atomic E-state index is 13.7. The molecule has 0 aromatic heterocycles. The van der Waals surface area contributed by atoms with Crippen molar-refractivity contribution in [2.24, 2.45) is 5.92 Å². The Hall–Kier alpha value is -0.640. The van der Waals surface area contributed by atoms with Crippen LogP contribution < -0.4 is 5.32 Å². The van der Waals surface area contributed by atoms with E-state index in [1.165, 1.54) is 6.07 Å². The zero-order valence-electron chi connectivity index (χ0n) is 10.7. The van der Waals surface area contributed by atoms with Crippen molar-refractivity contribution in [3.63, 3.8) is 0 Å². The second kappa shape index (κ2) is 6.00. The predicted octanol–water partition coefficient (Wildman–Crippen LogP) is 3.03. The quantitative estimate of drug-likeness (QED) is 0.909. The Bertz CT molecular complexity index is 413. The van der Waals surface area contributed by atoms with Gasteiger partial charge in [0, 0.05) is 23.6 Å². The molecular formula is C14H19ClFNO. The highest BCUT2D eigenvalue weighted by molar-refractivity contribution is 6.30. The van der Waals surface area contributed by atoms with Crippen LogP contribution in [-0.4, -0.2) is 25.8 Å². The third kappa shape index (κ3) is 3.02. The van der Waals surface area contributed by atoms with Gasteiger partial charge in [-0.1, -0.05) is 11.6 Å². The first kappa shape index (κ1) is 13.8. The van der Waals surface area contributed by atoms with Gasteiger partial charge in [0.05, 0.1) is 6.10 Å². The van der Waals surface area contributed by atoms with Gasteiger partial charge in [-0.05, 0) is 50.6 Å². The molecule has 1 fully saturated rings. The summed E-state index contributed by atoms with van der Waals surface area (Å²) < 4.78 is 19.3. The second-order valence-corrected chi connectivity index (χ2v) is 5.30. The van der Waals surface area contributed by atoms with E-state index >= 15 is 0 Å². The van der Waals surface area contributed by atoms with Gasteiger partial charge in [0.2, 0.25) is 0 Å². The van der Waals surface area contributed by atoms with Crippen LogP contribution in [0.2, 0.25) is 5.02 Å². The SMILES string of the molecule is CNC(Cc1cc(Cl)ccc1F)C1CCOC1C. The largest absolute Gasteiger partial charge is 0.378 e. The average molecular weight is 272 g/mol. The molecule has 1 aliphatic rings. The molecule has 1 N–H and O–H groups in total. The van der Waals surface area contributed by atoms with E-state index in [-0.39, 0.29) is 18.0 Å². The van der Waals surface area contributed by atoms with E-state index in [0.717, 1.165) is 13.0 Å². The molecule has 0 saturated carbocycles. The lowest BCUT2D eigenvalue weighted by atomic mass is 9.89. The Labute approximate surface area is 112 Å². The van der Waals surface area contributed by atoms with E-state index in [4.69, 9.17) is 16.3 Å². The lowest BCUT2D eigenvalue weighted by Gasteiger charge is -2.25. The summed E-state index contributed by atoms with van der Waals surface area (Å²) in [7, 11) is 1.91. The molecule has 1 aliphatic heterocycles. The Morgan fingerprint density at radius 2 is 2.33 bits per heavy atom. The van der Waals surface area contributed by atoms with Crippen LogP contribution in [0.15, 0.2) is 18.2 Å². The molecule has 3 atom stereocenters. The van der Waals surface area contributed by atoms with Crippen LogP contribution >= 0.6 is 11.6 Å². The molecule has 1 aromatic carbocycles. The molecule has 0 spiro atoms. The number of hydrogen-bond acceptors (Lipinski definition) is 2. The molecule has 2 nitrogen and oxygen atoms in total. The molecule has 4 heteroatoms. The standard InChI is InChI=1S/C14H19ClFNO/c1-9-12(5-6-18-9)14(17-2)8-10-7-11(15)3-4-13(10)16/h3-4,7,9,12,14,17H,5-6,8H2,1-2H3. The molecule has 2 rings (SSSR count). The van der Waals surface area contributed by atoms with Gasteiger partial charge in [-0.25, -0.2) is 4.39 Å². The zero-order valence-corrected chi connectivity index (χ0v) is 11.5. The molecule has 1 saturated heterocycles. The van der Waals surface area contributed by atoms with Crippen LogP contribution in [0.5, 0.6) is 0 Å². The highest BCUT2D eigenvalue weighted by Gasteiger charge is 2.31. The van der Waals surface area contributed by atoms with Crippen molar-refractivity contribution in [1.82, 2.24) is 5.32 Å². The van der Waals surface area contributed by atoms with Crippen LogP contribution in [-0.2, 0) is 11.2 Å². The molecule has 3 unspecified atom stereocenters. The molecule has 0 bridgehead atoms. The minimum Gasteiger partial charge on any atom is -0.378 e. The zero-order chi connectivity index (χ0) is 13.1. The summed E-state index contributed by atoms with van der Waals surface area (Å²) >= 11 is 5.92. The number of halogens is 2. The van der Waals surface area contributed by atoms with Crippen LogP contribution in [0.1, 0.15) is 18.9 Å². The van der Waals surface area contributed by atoms with Gasteiger partial charge < -0.3 is 10.1 Å². The Kier molecular flexibility index (Phi) is 4.60. The fourth-order valence-electron chi connectivity index (χ4n) is 2.68. The summed E-state index contributed by atoms with van der Waals surface area (Å²) in [5.74, 6) is 0.236. The maximum Gasteiger partial charge on any atom is 0.126 e. The van der Waals surface area contributed by atoms with Crippen LogP contribution in [0.4, 0.5) is 4.39 Å². The molecular weight excluding hydrogens is 253 g/mol. The van der Waals surface area contributed by atoms with Crippen LogP contribution in [0.3, 0.4) is 0 Å². The van der Waals surface area contributed by atoms with Crippen molar-refractivity contribution in [3.05, 3.63) is 34.6 Å². The number of benzene rings is 1. The second-order valence-electron chi connectivity index (χ2n) is 4.86. The van der Waals surface area contributed by atoms with E-state index in [1.807, 2.05) is 7.05 Å². The lowest BCUT2D eigenvalue weighted by Crippen LogP contribution is -2.39. The van der Waals surface area contributed by atoms with Crippen molar-refractivity contribution in [3.8, 4) is 0 Å². The van der Waals surface area contributed by atoms with Gasteiger partial charge in [-0.15, -0.1) is 0 Å².